The maximum Gasteiger partial charge on any atom is 0.357 e. The van der Waals surface area contributed by atoms with Crippen LogP contribution in [0.2, 0.25) is 0 Å². The highest BCUT2D eigenvalue weighted by atomic mass is 16.6. The molecule has 0 aliphatic heterocycles. The van der Waals surface area contributed by atoms with E-state index in [9.17, 15) is 24.5 Å². The van der Waals surface area contributed by atoms with Gasteiger partial charge in [-0.05, 0) is 18.6 Å². The van der Waals surface area contributed by atoms with E-state index in [2.05, 4.69) is 12.0 Å². The van der Waals surface area contributed by atoms with Gasteiger partial charge in [-0.25, -0.2) is 9.48 Å². The lowest BCUT2D eigenvalue weighted by atomic mass is 10.1. The quantitative estimate of drug-likeness (QED) is 0.136. The van der Waals surface area contributed by atoms with Gasteiger partial charge in [0, 0.05) is 12.1 Å². The molecule has 0 radical (unpaired) electrons. The molecule has 0 aliphatic rings. The van der Waals surface area contributed by atoms with E-state index < -0.39 is 16.5 Å². The molecule has 2 aromatic rings. The van der Waals surface area contributed by atoms with E-state index in [1.54, 1.807) is 0 Å². The minimum atomic E-state index is -0.777. The molecule has 0 saturated heterocycles. The van der Waals surface area contributed by atoms with Gasteiger partial charge >= 0.3 is 5.97 Å². The number of nitrogens with zero attached hydrogens (tertiary/aromatic N) is 2. The van der Waals surface area contributed by atoms with Crippen molar-refractivity contribution < 1.29 is 19.2 Å². The molecule has 1 heterocycles. The number of carbonyl (C=O) groups excluding carboxylic acids is 2. The Bertz CT molecular complexity index is 946. The molecule has 32 heavy (non-hydrogen) atoms. The van der Waals surface area contributed by atoms with Crippen molar-refractivity contribution in [2.45, 2.75) is 71.1 Å². The van der Waals surface area contributed by atoms with Gasteiger partial charge in [-0.3, -0.25) is 24.8 Å². The van der Waals surface area contributed by atoms with Crippen LogP contribution in [0.5, 0.6) is 0 Å². The highest BCUT2D eigenvalue weighted by molar-refractivity contribution is 5.96. The Labute approximate surface area is 186 Å². The molecule has 174 valence electrons. The molecule has 2 rings (SSSR count). The van der Waals surface area contributed by atoms with Crippen LogP contribution in [0, 0.1) is 10.1 Å². The summed E-state index contributed by atoms with van der Waals surface area (Å²) in [6, 6.07) is 5.16. The lowest BCUT2D eigenvalue weighted by Gasteiger charge is -2.05. The van der Waals surface area contributed by atoms with E-state index in [4.69, 9.17) is 4.74 Å². The Hall–Kier alpha value is -3.23. The molecule has 0 bridgehead atoms. The van der Waals surface area contributed by atoms with Crippen molar-refractivity contribution in [3.8, 4) is 5.69 Å². The average Bonchev–Trinajstić information content (AvgIpc) is 3.13. The number of ether oxygens (including phenoxy) is 1. The number of H-pyrrole nitrogens is 1. The number of aromatic amines is 1. The number of unbranched alkanes of at least 4 members (excludes halogenated alkanes) is 9. The van der Waals surface area contributed by atoms with Gasteiger partial charge in [-0.1, -0.05) is 64.7 Å². The van der Waals surface area contributed by atoms with E-state index >= 15 is 0 Å². The van der Waals surface area contributed by atoms with Crippen molar-refractivity contribution in [1.29, 1.82) is 0 Å². The van der Waals surface area contributed by atoms with Crippen molar-refractivity contribution in [3.63, 3.8) is 0 Å². The topological polar surface area (TPSA) is 124 Å². The molecular weight excluding hydrogens is 414 g/mol. The number of benzene rings is 1. The van der Waals surface area contributed by atoms with Crippen molar-refractivity contribution in [3.05, 3.63) is 56.0 Å². The number of esters is 1. The van der Waals surface area contributed by atoms with Crippen LogP contribution in [0.1, 0.15) is 92.0 Å². The third kappa shape index (κ3) is 7.18. The second kappa shape index (κ2) is 13.2. The van der Waals surface area contributed by atoms with Crippen molar-refractivity contribution in [2.24, 2.45) is 0 Å². The number of nitrogens with one attached hydrogen (secondary N) is 1. The van der Waals surface area contributed by atoms with Gasteiger partial charge in [0.25, 0.3) is 11.2 Å². The van der Waals surface area contributed by atoms with Gasteiger partial charge in [0.15, 0.2) is 12.0 Å². The zero-order valence-electron chi connectivity index (χ0n) is 18.5. The molecule has 0 amide bonds. The zero-order chi connectivity index (χ0) is 23.3. The SMILES string of the molecule is CCCCCCCCCCCCOC(=O)c1[nH]n(-c2ccc([N+](=O)[O-])cc2)c(=O)c1C=O. The zero-order valence-corrected chi connectivity index (χ0v) is 18.5. The van der Waals surface area contributed by atoms with Gasteiger partial charge in [-0.2, -0.15) is 0 Å². The fourth-order valence-electron chi connectivity index (χ4n) is 3.45. The number of nitro benzene ring substituents is 1. The first-order valence-electron chi connectivity index (χ1n) is 11.2. The van der Waals surface area contributed by atoms with Crippen LogP contribution in [-0.2, 0) is 4.74 Å². The standard InChI is InChI=1S/C23H31N3O6/c1-2-3-4-5-6-7-8-9-10-11-16-32-23(29)21-20(17-27)22(28)25(24-21)18-12-14-19(15-13-18)26(30)31/h12-15,17,24H,2-11,16H2,1H3. The second-order valence-corrected chi connectivity index (χ2v) is 7.75. The lowest BCUT2D eigenvalue weighted by molar-refractivity contribution is -0.384. The Morgan fingerprint density at radius 1 is 1.03 bits per heavy atom. The van der Waals surface area contributed by atoms with Gasteiger partial charge in [0.1, 0.15) is 5.56 Å². The number of hydrogen-bond donors (Lipinski definition) is 1. The number of carbonyl (C=O) groups is 2. The summed E-state index contributed by atoms with van der Waals surface area (Å²) in [5.41, 5.74) is -1.16. The number of rotatable bonds is 15. The molecule has 0 spiro atoms. The Morgan fingerprint density at radius 3 is 2.12 bits per heavy atom. The number of aldehydes is 1. The first-order valence-corrected chi connectivity index (χ1v) is 11.2. The van der Waals surface area contributed by atoms with E-state index in [1.807, 2.05) is 0 Å². The number of hydrogen-bond acceptors (Lipinski definition) is 6. The third-order valence-corrected chi connectivity index (χ3v) is 5.30. The van der Waals surface area contributed by atoms with Crippen LogP contribution in [0.3, 0.4) is 0 Å². The van der Waals surface area contributed by atoms with Crippen LogP contribution >= 0.6 is 0 Å². The fourth-order valence-corrected chi connectivity index (χ4v) is 3.45. The molecule has 1 aromatic carbocycles. The lowest BCUT2D eigenvalue weighted by Crippen LogP contribution is -2.17. The van der Waals surface area contributed by atoms with Crippen LogP contribution < -0.4 is 5.56 Å². The number of non-ortho nitro benzene ring substituents is 1. The van der Waals surface area contributed by atoms with Crippen LogP contribution in [0.15, 0.2) is 29.1 Å². The Kier molecular flexibility index (Phi) is 10.4. The summed E-state index contributed by atoms with van der Waals surface area (Å²) in [6.07, 6.45) is 11.9. The maximum atomic E-state index is 12.5. The summed E-state index contributed by atoms with van der Waals surface area (Å²) in [7, 11) is 0. The second-order valence-electron chi connectivity index (χ2n) is 7.75. The van der Waals surface area contributed by atoms with Crippen LogP contribution in [-0.4, -0.2) is 33.6 Å². The molecule has 9 nitrogen and oxygen atoms in total. The van der Waals surface area contributed by atoms with E-state index in [0.717, 1.165) is 17.5 Å². The fraction of sp³-hybridized carbons (Fsp3) is 0.522. The molecular formula is C23H31N3O6. The maximum absolute atomic E-state index is 12.5. The van der Waals surface area contributed by atoms with Crippen molar-refractivity contribution in [1.82, 2.24) is 9.78 Å². The molecule has 9 heteroatoms. The van der Waals surface area contributed by atoms with Crippen LogP contribution in [0.25, 0.3) is 5.69 Å². The summed E-state index contributed by atoms with van der Waals surface area (Å²) in [4.78, 5) is 46.4. The predicted molar refractivity (Wildman–Crippen MR) is 121 cm³/mol. The van der Waals surface area contributed by atoms with Gasteiger partial charge in [0.2, 0.25) is 0 Å². The minimum Gasteiger partial charge on any atom is -0.461 e. The molecule has 0 fully saturated rings. The smallest absolute Gasteiger partial charge is 0.357 e. The molecule has 0 atom stereocenters. The monoisotopic (exact) mass is 445 g/mol. The summed E-state index contributed by atoms with van der Waals surface area (Å²) in [5.74, 6) is -0.777. The summed E-state index contributed by atoms with van der Waals surface area (Å²) >= 11 is 0. The minimum absolute atomic E-state index is 0.139. The van der Waals surface area contributed by atoms with E-state index in [0.29, 0.717) is 12.7 Å². The van der Waals surface area contributed by atoms with E-state index in [1.165, 1.54) is 69.2 Å². The summed E-state index contributed by atoms with van der Waals surface area (Å²) in [6.45, 7) is 2.41. The van der Waals surface area contributed by atoms with Crippen molar-refractivity contribution >= 4 is 17.9 Å². The molecule has 0 unspecified atom stereocenters. The Morgan fingerprint density at radius 2 is 1.59 bits per heavy atom. The largest absolute Gasteiger partial charge is 0.461 e. The average molecular weight is 446 g/mol. The first kappa shape index (κ1) is 25.0. The number of aromatic nitrogens is 2. The Balaban J connectivity index is 1.83. The molecule has 1 aromatic heterocycles. The first-order chi connectivity index (χ1) is 15.5. The number of nitro groups is 1. The highest BCUT2D eigenvalue weighted by Gasteiger charge is 2.22. The third-order valence-electron chi connectivity index (χ3n) is 5.30. The van der Waals surface area contributed by atoms with Gasteiger partial charge in [-0.15, -0.1) is 0 Å². The highest BCUT2D eigenvalue weighted by Crippen LogP contribution is 2.15. The van der Waals surface area contributed by atoms with E-state index in [-0.39, 0.29) is 29.2 Å². The van der Waals surface area contributed by atoms with Crippen molar-refractivity contribution in [2.75, 3.05) is 6.61 Å². The van der Waals surface area contributed by atoms with Crippen LogP contribution in [0.4, 0.5) is 5.69 Å². The molecule has 1 N–H and O–H groups in total. The normalized spacial score (nSPS) is 10.8. The predicted octanol–water partition coefficient (Wildman–Crippen LogP) is 4.96. The summed E-state index contributed by atoms with van der Waals surface area (Å²) in [5, 5.41) is 13.4. The van der Waals surface area contributed by atoms with Gasteiger partial charge < -0.3 is 4.74 Å². The molecule has 0 saturated carbocycles. The van der Waals surface area contributed by atoms with Gasteiger partial charge in [0.05, 0.1) is 17.2 Å². The summed E-state index contributed by atoms with van der Waals surface area (Å²) < 4.78 is 6.22. The molecule has 0 aliphatic carbocycles.